The van der Waals surface area contributed by atoms with Crippen LogP contribution in [0.15, 0.2) is 22.7 Å². The lowest BCUT2D eigenvalue weighted by Gasteiger charge is -2.19. The van der Waals surface area contributed by atoms with Gasteiger partial charge in [-0.1, -0.05) is 20.8 Å². The first kappa shape index (κ1) is 14.0. The summed E-state index contributed by atoms with van der Waals surface area (Å²) in [4.78, 5) is 11.9. The zero-order valence-electron chi connectivity index (χ0n) is 9.60. The zero-order chi connectivity index (χ0) is 12.3. The fourth-order valence-corrected chi connectivity index (χ4v) is 2.03. The Hall–Kier alpha value is -0.100. The molecule has 1 aromatic rings. The van der Waals surface area contributed by atoms with Crippen LogP contribution in [-0.2, 0) is 0 Å². The van der Waals surface area contributed by atoms with Crippen LogP contribution in [0.4, 0.5) is 0 Å². The highest BCUT2D eigenvalue weighted by atomic mass is 127. The largest absolute Gasteiger partial charge is 0.351 e. The van der Waals surface area contributed by atoms with Gasteiger partial charge in [-0.15, -0.1) is 0 Å². The molecule has 0 bridgehead atoms. The van der Waals surface area contributed by atoms with E-state index in [4.69, 9.17) is 0 Å². The summed E-state index contributed by atoms with van der Waals surface area (Å²) in [5, 5.41) is 2.93. The van der Waals surface area contributed by atoms with Crippen LogP contribution in [0.2, 0.25) is 0 Å². The van der Waals surface area contributed by atoms with Gasteiger partial charge in [-0.25, -0.2) is 0 Å². The second-order valence-electron chi connectivity index (χ2n) is 4.87. The van der Waals surface area contributed by atoms with E-state index in [1.54, 1.807) is 0 Å². The Bertz CT molecular complexity index is 398. The average Bonchev–Trinajstić information content (AvgIpc) is 2.17. The standard InChI is InChI=1S/C12H15BrINO/c1-12(2,3)7-15-11(16)9-6-8(14)4-5-10(9)13/h4-6H,7H2,1-3H3,(H,15,16). The van der Waals surface area contributed by atoms with Crippen molar-refractivity contribution in [2.45, 2.75) is 20.8 Å². The molecule has 0 spiro atoms. The van der Waals surface area contributed by atoms with Crippen molar-refractivity contribution in [2.75, 3.05) is 6.54 Å². The Kier molecular flexibility index (Phi) is 4.79. The van der Waals surface area contributed by atoms with Crippen LogP contribution in [0.3, 0.4) is 0 Å². The SMILES string of the molecule is CC(C)(C)CNC(=O)c1cc(I)ccc1Br. The molecule has 0 unspecified atom stereocenters. The second-order valence-corrected chi connectivity index (χ2v) is 6.97. The number of benzene rings is 1. The van der Waals surface area contributed by atoms with Crippen LogP contribution >= 0.6 is 38.5 Å². The van der Waals surface area contributed by atoms with Crippen molar-refractivity contribution in [3.63, 3.8) is 0 Å². The monoisotopic (exact) mass is 395 g/mol. The Labute approximate surface area is 118 Å². The van der Waals surface area contributed by atoms with Crippen LogP contribution in [0.25, 0.3) is 0 Å². The molecular formula is C12H15BrINO. The average molecular weight is 396 g/mol. The number of hydrogen-bond donors (Lipinski definition) is 1. The molecule has 0 aliphatic heterocycles. The molecule has 0 radical (unpaired) electrons. The van der Waals surface area contributed by atoms with Crippen LogP contribution in [0.5, 0.6) is 0 Å². The maximum atomic E-state index is 11.9. The van der Waals surface area contributed by atoms with E-state index in [2.05, 4.69) is 64.6 Å². The first-order chi connectivity index (χ1) is 7.29. The molecular weight excluding hydrogens is 381 g/mol. The Morgan fingerprint density at radius 2 is 2.06 bits per heavy atom. The topological polar surface area (TPSA) is 29.1 Å². The fraction of sp³-hybridized carbons (Fsp3) is 0.417. The van der Waals surface area contributed by atoms with E-state index in [1.807, 2.05) is 18.2 Å². The van der Waals surface area contributed by atoms with Gasteiger partial charge in [0.2, 0.25) is 0 Å². The van der Waals surface area contributed by atoms with Crippen LogP contribution in [0, 0.1) is 8.99 Å². The van der Waals surface area contributed by atoms with Gasteiger partial charge in [-0.2, -0.15) is 0 Å². The van der Waals surface area contributed by atoms with Crippen molar-refractivity contribution in [2.24, 2.45) is 5.41 Å². The molecule has 0 aliphatic rings. The molecule has 0 aromatic heterocycles. The summed E-state index contributed by atoms with van der Waals surface area (Å²) in [6, 6.07) is 5.74. The summed E-state index contributed by atoms with van der Waals surface area (Å²) < 4.78 is 1.89. The summed E-state index contributed by atoms with van der Waals surface area (Å²) in [5.41, 5.74) is 0.792. The third-order valence-corrected chi connectivity index (χ3v) is 3.31. The first-order valence-electron chi connectivity index (χ1n) is 5.03. The van der Waals surface area contributed by atoms with Crippen molar-refractivity contribution in [3.8, 4) is 0 Å². The third-order valence-electron chi connectivity index (χ3n) is 1.95. The lowest BCUT2D eigenvalue weighted by molar-refractivity contribution is 0.0938. The molecule has 1 aromatic carbocycles. The molecule has 0 saturated heterocycles. The number of carbonyl (C=O) groups is 1. The molecule has 1 N–H and O–H groups in total. The second kappa shape index (κ2) is 5.49. The Morgan fingerprint density at radius 1 is 1.44 bits per heavy atom. The summed E-state index contributed by atoms with van der Waals surface area (Å²) in [6.07, 6.45) is 0. The maximum absolute atomic E-state index is 11.9. The highest BCUT2D eigenvalue weighted by Gasteiger charge is 2.14. The Balaban J connectivity index is 2.77. The highest BCUT2D eigenvalue weighted by molar-refractivity contribution is 14.1. The number of hydrogen-bond acceptors (Lipinski definition) is 1. The first-order valence-corrected chi connectivity index (χ1v) is 6.90. The van der Waals surface area contributed by atoms with Crippen LogP contribution in [0.1, 0.15) is 31.1 Å². The van der Waals surface area contributed by atoms with Crippen molar-refractivity contribution in [3.05, 3.63) is 31.8 Å². The molecule has 2 nitrogen and oxygen atoms in total. The van der Waals surface area contributed by atoms with Gasteiger partial charge in [0.1, 0.15) is 0 Å². The number of halogens is 2. The smallest absolute Gasteiger partial charge is 0.252 e. The molecule has 88 valence electrons. The van der Waals surface area contributed by atoms with E-state index in [0.717, 1.165) is 8.04 Å². The van der Waals surface area contributed by atoms with Gasteiger partial charge in [-0.05, 0) is 62.1 Å². The molecule has 0 aliphatic carbocycles. The number of rotatable bonds is 2. The van der Waals surface area contributed by atoms with E-state index in [-0.39, 0.29) is 11.3 Å². The Morgan fingerprint density at radius 3 is 2.62 bits per heavy atom. The van der Waals surface area contributed by atoms with Crippen molar-refractivity contribution in [1.29, 1.82) is 0 Å². The van der Waals surface area contributed by atoms with Crippen molar-refractivity contribution in [1.82, 2.24) is 5.32 Å². The summed E-state index contributed by atoms with van der Waals surface area (Å²) in [5.74, 6) is -0.0275. The maximum Gasteiger partial charge on any atom is 0.252 e. The minimum absolute atomic E-state index is 0.0275. The van der Waals surface area contributed by atoms with E-state index < -0.39 is 0 Å². The predicted octanol–water partition coefficient (Wildman–Crippen LogP) is 3.83. The number of carbonyl (C=O) groups excluding carboxylic acids is 1. The fourth-order valence-electron chi connectivity index (χ4n) is 1.11. The van der Waals surface area contributed by atoms with Crippen molar-refractivity contribution < 1.29 is 4.79 Å². The van der Waals surface area contributed by atoms with Gasteiger partial charge in [-0.3, -0.25) is 4.79 Å². The minimum atomic E-state index is -0.0275. The molecule has 4 heteroatoms. The van der Waals surface area contributed by atoms with Crippen LogP contribution < -0.4 is 5.32 Å². The molecule has 16 heavy (non-hydrogen) atoms. The van der Waals surface area contributed by atoms with Crippen molar-refractivity contribution >= 4 is 44.4 Å². The van der Waals surface area contributed by atoms with Gasteiger partial charge < -0.3 is 5.32 Å². The predicted molar refractivity (Wildman–Crippen MR) is 78.6 cm³/mol. The van der Waals surface area contributed by atoms with E-state index >= 15 is 0 Å². The summed E-state index contributed by atoms with van der Waals surface area (Å²) >= 11 is 5.59. The molecule has 0 atom stereocenters. The highest BCUT2D eigenvalue weighted by Crippen LogP contribution is 2.20. The lowest BCUT2D eigenvalue weighted by atomic mass is 9.97. The lowest BCUT2D eigenvalue weighted by Crippen LogP contribution is -2.32. The molecule has 0 fully saturated rings. The minimum Gasteiger partial charge on any atom is -0.351 e. The van der Waals surface area contributed by atoms with E-state index in [1.165, 1.54) is 0 Å². The number of nitrogens with one attached hydrogen (secondary N) is 1. The molecule has 0 heterocycles. The van der Waals surface area contributed by atoms with Crippen LogP contribution in [-0.4, -0.2) is 12.5 Å². The van der Waals surface area contributed by atoms with E-state index in [0.29, 0.717) is 12.1 Å². The summed E-state index contributed by atoms with van der Waals surface area (Å²) in [6.45, 7) is 6.95. The van der Waals surface area contributed by atoms with Gasteiger partial charge in [0.05, 0.1) is 5.56 Å². The third kappa shape index (κ3) is 4.41. The quantitative estimate of drug-likeness (QED) is 0.757. The van der Waals surface area contributed by atoms with Gasteiger partial charge in [0.15, 0.2) is 0 Å². The molecule has 1 rings (SSSR count). The molecule has 1 amide bonds. The zero-order valence-corrected chi connectivity index (χ0v) is 13.3. The normalized spacial score (nSPS) is 11.3. The van der Waals surface area contributed by atoms with Gasteiger partial charge in [0, 0.05) is 14.6 Å². The number of amides is 1. The molecule has 0 saturated carbocycles. The van der Waals surface area contributed by atoms with Gasteiger partial charge >= 0.3 is 0 Å². The van der Waals surface area contributed by atoms with Gasteiger partial charge in [0.25, 0.3) is 5.91 Å². The summed E-state index contributed by atoms with van der Waals surface area (Å²) in [7, 11) is 0. The van der Waals surface area contributed by atoms with E-state index in [9.17, 15) is 4.79 Å².